The SMILES string of the molecule is Cc1ccc(C(=O)CSc2ccc(C)cc2C)cc1. The molecule has 0 aliphatic carbocycles. The first-order valence-electron chi connectivity index (χ1n) is 6.36. The Hall–Kier alpha value is -1.54. The number of aryl methyl sites for hydroxylation is 3. The van der Waals surface area contributed by atoms with Gasteiger partial charge in [-0.2, -0.15) is 0 Å². The van der Waals surface area contributed by atoms with E-state index in [2.05, 4.69) is 32.0 Å². The third kappa shape index (κ3) is 3.71. The predicted octanol–water partition coefficient (Wildman–Crippen LogP) is 4.59. The highest BCUT2D eigenvalue weighted by Crippen LogP contribution is 2.24. The Morgan fingerprint density at radius 2 is 1.58 bits per heavy atom. The number of thioether (sulfide) groups is 1. The molecule has 0 N–H and O–H groups in total. The Bertz CT molecular complexity index is 585. The highest BCUT2D eigenvalue weighted by Gasteiger charge is 2.07. The third-order valence-corrected chi connectivity index (χ3v) is 4.24. The highest BCUT2D eigenvalue weighted by molar-refractivity contribution is 8.00. The van der Waals surface area contributed by atoms with Crippen LogP contribution in [0.2, 0.25) is 0 Å². The van der Waals surface area contributed by atoms with E-state index >= 15 is 0 Å². The summed E-state index contributed by atoms with van der Waals surface area (Å²) < 4.78 is 0. The molecule has 0 spiro atoms. The van der Waals surface area contributed by atoms with Crippen LogP contribution in [0.1, 0.15) is 27.0 Å². The lowest BCUT2D eigenvalue weighted by molar-refractivity contribution is 0.102. The molecule has 0 bridgehead atoms. The smallest absolute Gasteiger partial charge is 0.173 e. The number of ketones is 1. The second kappa shape index (κ2) is 6.07. The summed E-state index contributed by atoms with van der Waals surface area (Å²) in [5.74, 6) is 0.678. The Morgan fingerprint density at radius 3 is 2.21 bits per heavy atom. The van der Waals surface area contributed by atoms with Crippen molar-refractivity contribution in [3.63, 3.8) is 0 Å². The maximum Gasteiger partial charge on any atom is 0.173 e. The van der Waals surface area contributed by atoms with E-state index in [0.717, 1.165) is 5.56 Å². The fourth-order valence-electron chi connectivity index (χ4n) is 1.93. The van der Waals surface area contributed by atoms with E-state index in [0.29, 0.717) is 5.75 Å². The molecule has 0 amide bonds. The van der Waals surface area contributed by atoms with Crippen molar-refractivity contribution in [2.75, 3.05) is 5.75 Å². The van der Waals surface area contributed by atoms with Crippen LogP contribution >= 0.6 is 11.8 Å². The van der Waals surface area contributed by atoms with Gasteiger partial charge in [0.2, 0.25) is 0 Å². The van der Waals surface area contributed by atoms with Gasteiger partial charge in [-0.15, -0.1) is 11.8 Å². The second-order valence-electron chi connectivity index (χ2n) is 4.85. The summed E-state index contributed by atoms with van der Waals surface area (Å²) >= 11 is 1.61. The van der Waals surface area contributed by atoms with Crippen molar-refractivity contribution in [1.29, 1.82) is 0 Å². The van der Waals surface area contributed by atoms with Gasteiger partial charge >= 0.3 is 0 Å². The summed E-state index contributed by atoms with van der Waals surface area (Å²) in [4.78, 5) is 13.3. The monoisotopic (exact) mass is 270 g/mol. The summed E-state index contributed by atoms with van der Waals surface area (Å²) in [7, 11) is 0. The molecule has 0 saturated heterocycles. The minimum absolute atomic E-state index is 0.185. The molecule has 2 aromatic carbocycles. The van der Waals surface area contributed by atoms with Gasteiger partial charge in [0, 0.05) is 10.5 Å². The topological polar surface area (TPSA) is 17.1 Å². The number of carbonyl (C=O) groups excluding carboxylic acids is 1. The average molecular weight is 270 g/mol. The van der Waals surface area contributed by atoms with Crippen LogP contribution in [-0.2, 0) is 0 Å². The zero-order valence-corrected chi connectivity index (χ0v) is 12.4. The van der Waals surface area contributed by atoms with Crippen molar-refractivity contribution >= 4 is 17.5 Å². The van der Waals surface area contributed by atoms with Gasteiger partial charge in [0.15, 0.2) is 5.78 Å². The van der Waals surface area contributed by atoms with E-state index in [9.17, 15) is 4.79 Å². The number of hydrogen-bond donors (Lipinski definition) is 0. The number of carbonyl (C=O) groups is 1. The molecule has 0 aromatic heterocycles. The van der Waals surface area contributed by atoms with Gasteiger partial charge in [-0.25, -0.2) is 0 Å². The molecule has 0 saturated carbocycles. The molecule has 0 radical (unpaired) electrons. The molecule has 0 fully saturated rings. The Balaban J connectivity index is 2.02. The number of Topliss-reactive ketones (excluding diaryl/α,β-unsaturated/α-hetero) is 1. The minimum Gasteiger partial charge on any atom is -0.293 e. The van der Waals surface area contributed by atoms with Crippen LogP contribution in [0.3, 0.4) is 0 Å². The van der Waals surface area contributed by atoms with Crippen LogP contribution in [-0.4, -0.2) is 11.5 Å². The summed E-state index contributed by atoms with van der Waals surface area (Å²) in [5.41, 5.74) is 4.47. The molecule has 0 unspecified atom stereocenters. The lowest BCUT2D eigenvalue weighted by Crippen LogP contribution is -2.02. The predicted molar refractivity (Wildman–Crippen MR) is 82.1 cm³/mol. The molecule has 2 rings (SSSR count). The van der Waals surface area contributed by atoms with Crippen LogP contribution in [0.15, 0.2) is 47.4 Å². The second-order valence-corrected chi connectivity index (χ2v) is 5.86. The molecular weight excluding hydrogens is 252 g/mol. The summed E-state index contributed by atoms with van der Waals surface area (Å²) in [6, 6.07) is 14.1. The van der Waals surface area contributed by atoms with Gasteiger partial charge < -0.3 is 0 Å². The van der Waals surface area contributed by atoms with Crippen LogP contribution < -0.4 is 0 Å². The summed E-state index contributed by atoms with van der Waals surface area (Å²) in [5, 5.41) is 0. The fourth-order valence-corrected chi connectivity index (χ4v) is 2.83. The van der Waals surface area contributed by atoms with Crippen LogP contribution in [0.25, 0.3) is 0 Å². The van der Waals surface area contributed by atoms with Crippen molar-refractivity contribution < 1.29 is 4.79 Å². The van der Waals surface area contributed by atoms with Crippen molar-refractivity contribution in [1.82, 2.24) is 0 Å². The first-order valence-corrected chi connectivity index (χ1v) is 7.35. The van der Waals surface area contributed by atoms with Crippen LogP contribution in [0, 0.1) is 20.8 Å². The molecule has 0 heterocycles. The quantitative estimate of drug-likeness (QED) is 0.597. The summed E-state index contributed by atoms with van der Waals surface area (Å²) in [6.45, 7) is 6.20. The maximum absolute atomic E-state index is 12.1. The largest absolute Gasteiger partial charge is 0.293 e. The van der Waals surface area contributed by atoms with E-state index in [1.165, 1.54) is 21.6 Å². The van der Waals surface area contributed by atoms with Gasteiger partial charge in [-0.3, -0.25) is 4.79 Å². The number of hydrogen-bond acceptors (Lipinski definition) is 2. The van der Waals surface area contributed by atoms with E-state index in [1.54, 1.807) is 11.8 Å². The Labute approximate surface area is 119 Å². The first kappa shape index (κ1) is 13.9. The molecule has 2 aromatic rings. The molecular formula is C17H18OS. The van der Waals surface area contributed by atoms with Gasteiger partial charge in [-0.1, -0.05) is 47.5 Å². The van der Waals surface area contributed by atoms with E-state index in [1.807, 2.05) is 31.2 Å². The molecule has 0 atom stereocenters. The minimum atomic E-state index is 0.185. The van der Waals surface area contributed by atoms with Gasteiger partial charge in [-0.05, 0) is 32.4 Å². The number of rotatable bonds is 4. The average Bonchev–Trinajstić information content (AvgIpc) is 2.38. The first-order chi connectivity index (χ1) is 9.06. The molecule has 0 aliphatic heterocycles. The standard InChI is InChI=1S/C17H18OS/c1-12-4-7-15(8-5-12)16(18)11-19-17-9-6-13(2)10-14(17)3/h4-10H,11H2,1-3H3. The molecule has 0 aliphatic rings. The van der Waals surface area contributed by atoms with Gasteiger partial charge in [0.25, 0.3) is 0 Å². The van der Waals surface area contributed by atoms with E-state index < -0.39 is 0 Å². The van der Waals surface area contributed by atoms with E-state index in [4.69, 9.17) is 0 Å². The molecule has 1 nitrogen and oxygen atoms in total. The Kier molecular flexibility index (Phi) is 4.43. The Morgan fingerprint density at radius 1 is 0.947 bits per heavy atom. The zero-order valence-electron chi connectivity index (χ0n) is 11.6. The van der Waals surface area contributed by atoms with E-state index in [-0.39, 0.29) is 5.78 Å². The van der Waals surface area contributed by atoms with Crippen molar-refractivity contribution in [3.05, 3.63) is 64.7 Å². The third-order valence-electron chi connectivity index (χ3n) is 3.06. The lowest BCUT2D eigenvalue weighted by Gasteiger charge is -2.06. The summed E-state index contributed by atoms with van der Waals surface area (Å²) in [6.07, 6.45) is 0. The van der Waals surface area contributed by atoms with Crippen molar-refractivity contribution in [2.24, 2.45) is 0 Å². The van der Waals surface area contributed by atoms with Crippen molar-refractivity contribution in [3.8, 4) is 0 Å². The van der Waals surface area contributed by atoms with Gasteiger partial charge in [0.1, 0.15) is 0 Å². The maximum atomic E-state index is 12.1. The highest BCUT2D eigenvalue weighted by atomic mass is 32.2. The van der Waals surface area contributed by atoms with Crippen molar-refractivity contribution in [2.45, 2.75) is 25.7 Å². The van der Waals surface area contributed by atoms with Gasteiger partial charge in [0.05, 0.1) is 5.75 Å². The fraction of sp³-hybridized carbons (Fsp3) is 0.235. The number of benzene rings is 2. The van der Waals surface area contributed by atoms with Crippen LogP contribution in [0.5, 0.6) is 0 Å². The lowest BCUT2D eigenvalue weighted by atomic mass is 10.1. The molecule has 98 valence electrons. The molecule has 19 heavy (non-hydrogen) atoms. The zero-order chi connectivity index (χ0) is 13.8. The van der Waals surface area contributed by atoms with Crippen LogP contribution in [0.4, 0.5) is 0 Å². The normalized spacial score (nSPS) is 10.5. The molecule has 2 heteroatoms.